The van der Waals surface area contributed by atoms with Crippen LogP contribution >= 0.6 is 0 Å². The molecule has 0 aromatic carbocycles. The molecule has 0 spiro atoms. The molecule has 0 unspecified atom stereocenters. The maximum absolute atomic E-state index is 11.8. The van der Waals surface area contributed by atoms with E-state index in [1.165, 1.54) is 24.4 Å². The van der Waals surface area contributed by atoms with Crippen LogP contribution in [0.25, 0.3) is 0 Å². The summed E-state index contributed by atoms with van der Waals surface area (Å²) in [5.74, 6) is 0.766. The monoisotopic (exact) mass is 472 g/mol. The number of nitrogens with one attached hydrogen (secondary N) is 2. The number of nitrogens with zero attached hydrogens (tertiary/aromatic N) is 4. The van der Waals surface area contributed by atoms with Gasteiger partial charge in [-0.15, -0.1) is 0 Å². The second kappa shape index (κ2) is 11.6. The predicted octanol–water partition coefficient (Wildman–Crippen LogP) is 2.49. The summed E-state index contributed by atoms with van der Waals surface area (Å²) in [5.41, 5.74) is -0.663. The third-order valence-electron chi connectivity index (χ3n) is 5.43. The molecule has 1 fully saturated rings. The number of pyridine rings is 2. The fourth-order valence-electron chi connectivity index (χ4n) is 3.54. The molecule has 1 aliphatic rings. The molecule has 0 amide bonds. The van der Waals surface area contributed by atoms with Gasteiger partial charge in [0.15, 0.2) is 11.6 Å². The molecule has 34 heavy (non-hydrogen) atoms. The van der Waals surface area contributed by atoms with Crippen LogP contribution in [-0.4, -0.2) is 63.2 Å². The second-order valence-electron chi connectivity index (χ2n) is 8.23. The Bertz CT molecular complexity index is 1010. The van der Waals surface area contributed by atoms with Crippen LogP contribution in [0.5, 0.6) is 5.75 Å². The zero-order valence-electron chi connectivity index (χ0n) is 18.9. The van der Waals surface area contributed by atoms with E-state index in [9.17, 15) is 15.2 Å². The average Bonchev–Trinajstić information content (AvgIpc) is 2.81. The van der Waals surface area contributed by atoms with Crippen molar-refractivity contribution in [3.8, 4) is 11.8 Å². The van der Waals surface area contributed by atoms with Gasteiger partial charge in [-0.05, 0) is 44.7 Å². The Hall–Kier alpha value is -3.53. The minimum Gasteiger partial charge on any atom is -0.487 e. The number of hydrogen-bond donors (Lipinski definition) is 4. The molecule has 4 N–H and O–H groups in total. The van der Waals surface area contributed by atoms with Crippen LogP contribution in [0, 0.1) is 21.4 Å². The minimum absolute atomic E-state index is 0.00283. The first-order valence-electron chi connectivity index (χ1n) is 10.9. The molecular formula is C22H28N6O6. The number of aromatic nitrogens is 2. The van der Waals surface area contributed by atoms with E-state index in [1.807, 2.05) is 6.07 Å². The van der Waals surface area contributed by atoms with Crippen molar-refractivity contribution in [3.63, 3.8) is 0 Å². The van der Waals surface area contributed by atoms with Crippen molar-refractivity contribution in [1.29, 1.82) is 5.26 Å². The minimum atomic E-state index is -0.710. The van der Waals surface area contributed by atoms with E-state index in [1.54, 1.807) is 6.92 Å². The van der Waals surface area contributed by atoms with E-state index in [0.29, 0.717) is 42.9 Å². The first-order valence-corrected chi connectivity index (χ1v) is 10.9. The molecule has 2 aromatic heterocycles. The van der Waals surface area contributed by atoms with Gasteiger partial charge < -0.3 is 30.3 Å². The van der Waals surface area contributed by atoms with Crippen LogP contribution in [0.4, 0.5) is 23.1 Å². The number of rotatable bonds is 11. The highest BCUT2D eigenvalue weighted by atomic mass is 16.6. The van der Waals surface area contributed by atoms with E-state index >= 15 is 0 Å². The lowest BCUT2D eigenvalue weighted by Gasteiger charge is -2.33. The van der Waals surface area contributed by atoms with Crippen molar-refractivity contribution in [2.45, 2.75) is 44.2 Å². The molecule has 1 saturated carbocycles. The molecule has 12 heteroatoms. The van der Waals surface area contributed by atoms with Gasteiger partial charge >= 0.3 is 5.69 Å². The quantitative estimate of drug-likeness (QED) is 0.215. The molecule has 0 bridgehead atoms. The highest BCUT2D eigenvalue weighted by Crippen LogP contribution is 2.37. The zero-order valence-corrected chi connectivity index (χ0v) is 18.9. The van der Waals surface area contributed by atoms with Gasteiger partial charge in [-0.25, -0.2) is 9.97 Å². The van der Waals surface area contributed by atoms with Crippen LogP contribution in [0.1, 0.15) is 38.2 Å². The van der Waals surface area contributed by atoms with E-state index in [2.05, 4.69) is 20.6 Å². The summed E-state index contributed by atoms with van der Waals surface area (Å²) >= 11 is 0. The summed E-state index contributed by atoms with van der Waals surface area (Å²) < 4.78 is 10.9. The summed E-state index contributed by atoms with van der Waals surface area (Å²) in [7, 11) is 0. The molecule has 3 rings (SSSR count). The van der Waals surface area contributed by atoms with Crippen molar-refractivity contribution in [1.82, 2.24) is 9.97 Å². The Labute approximate surface area is 196 Å². The summed E-state index contributed by atoms with van der Waals surface area (Å²) in [4.78, 5) is 19.7. The van der Waals surface area contributed by atoms with Crippen LogP contribution < -0.4 is 15.4 Å². The Balaban J connectivity index is 1.87. The summed E-state index contributed by atoms with van der Waals surface area (Å²) in [6, 6.07) is 6.32. The lowest BCUT2D eigenvalue weighted by atomic mass is 9.84. The summed E-state index contributed by atoms with van der Waals surface area (Å²) in [6.45, 7) is 2.15. The number of nitriles is 1. The molecule has 12 nitrogen and oxygen atoms in total. The molecule has 0 aliphatic heterocycles. The molecule has 2 aromatic rings. The molecular weight excluding hydrogens is 444 g/mol. The predicted molar refractivity (Wildman–Crippen MR) is 123 cm³/mol. The van der Waals surface area contributed by atoms with Crippen LogP contribution in [-0.2, 0) is 4.74 Å². The molecule has 1 aliphatic carbocycles. The fourth-order valence-corrected chi connectivity index (χ4v) is 3.54. The lowest BCUT2D eigenvalue weighted by Crippen LogP contribution is -2.36. The average molecular weight is 473 g/mol. The topological polar surface area (TPSA) is 176 Å². The van der Waals surface area contributed by atoms with Gasteiger partial charge in [0.1, 0.15) is 18.5 Å². The van der Waals surface area contributed by atoms with Gasteiger partial charge in [0.25, 0.3) is 0 Å². The van der Waals surface area contributed by atoms with Gasteiger partial charge in [0.05, 0.1) is 42.0 Å². The van der Waals surface area contributed by atoms with E-state index in [0.717, 1.165) is 0 Å². The first kappa shape index (κ1) is 25.1. The van der Waals surface area contributed by atoms with Crippen molar-refractivity contribution >= 4 is 23.1 Å². The van der Waals surface area contributed by atoms with Crippen LogP contribution in [0.3, 0.4) is 0 Å². The standard InChI is InChI=1S/C22H28N6O6/c1-22(30)6-4-16(5-7-22)25-21-18(34-11-10-33-9-8-29)12-17(28(31)32)20(27-21)26-19-3-2-15(13-23)14-24-19/h2-3,12,14,16,29-30H,4-11H2,1H3,(H2,24,25,26,27). The van der Waals surface area contributed by atoms with Crippen molar-refractivity contribution in [3.05, 3.63) is 40.1 Å². The Kier molecular flexibility index (Phi) is 8.53. The largest absolute Gasteiger partial charge is 0.487 e. The lowest BCUT2D eigenvalue weighted by molar-refractivity contribution is -0.384. The van der Waals surface area contributed by atoms with Crippen molar-refractivity contribution < 1.29 is 24.6 Å². The maximum Gasteiger partial charge on any atom is 0.315 e. The summed E-state index contributed by atoms with van der Waals surface area (Å²) in [6.07, 6.45) is 3.98. The molecule has 182 valence electrons. The number of hydrogen-bond acceptors (Lipinski definition) is 11. The Morgan fingerprint density at radius 1 is 1.29 bits per heavy atom. The second-order valence-corrected chi connectivity index (χ2v) is 8.23. The summed E-state index contributed by atoms with van der Waals surface area (Å²) in [5, 5.41) is 45.9. The SMILES string of the molecule is CC1(O)CCC(Nc2nc(Nc3ccc(C#N)cn3)c([N+](=O)[O-])cc2OCCOCCO)CC1. The van der Waals surface area contributed by atoms with Crippen molar-refractivity contribution in [2.75, 3.05) is 37.1 Å². The number of aliphatic hydroxyl groups excluding tert-OH is 1. The van der Waals surface area contributed by atoms with Gasteiger partial charge in [-0.2, -0.15) is 5.26 Å². The van der Waals surface area contributed by atoms with Gasteiger partial charge in [-0.3, -0.25) is 10.1 Å². The van der Waals surface area contributed by atoms with E-state index in [-0.39, 0.29) is 49.7 Å². The molecule has 2 heterocycles. The van der Waals surface area contributed by atoms with Gasteiger partial charge in [0.2, 0.25) is 5.82 Å². The van der Waals surface area contributed by atoms with E-state index in [4.69, 9.17) is 19.8 Å². The Morgan fingerprint density at radius 3 is 2.68 bits per heavy atom. The molecule has 0 saturated heterocycles. The van der Waals surface area contributed by atoms with Gasteiger partial charge in [-0.1, -0.05) is 0 Å². The van der Waals surface area contributed by atoms with Crippen LogP contribution in [0.15, 0.2) is 24.4 Å². The number of nitro groups is 1. The third-order valence-corrected chi connectivity index (χ3v) is 5.43. The number of aliphatic hydroxyl groups is 2. The molecule has 0 atom stereocenters. The van der Waals surface area contributed by atoms with E-state index < -0.39 is 10.5 Å². The maximum atomic E-state index is 11.8. The highest BCUT2D eigenvalue weighted by Gasteiger charge is 2.30. The highest BCUT2D eigenvalue weighted by molar-refractivity contribution is 5.70. The number of ether oxygens (including phenoxy) is 2. The zero-order chi connectivity index (χ0) is 24.6. The molecule has 0 radical (unpaired) electrons. The smallest absolute Gasteiger partial charge is 0.315 e. The number of anilines is 3. The fraction of sp³-hybridized carbons (Fsp3) is 0.500. The normalized spacial score (nSPS) is 19.8. The van der Waals surface area contributed by atoms with Gasteiger partial charge in [0, 0.05) is 12.2 Å². The van der Waals surface area contributed by atoms with Crippen LogP contribution in [0.2, 0.25) is 0 Å². The third kappa shape index (κ3) is 6.98. The van der Waals surface area contributed by atoms with Crippen molar-refractivity contribution in [2.24, 2.45) is 0 Å². The Morgan fingerprint density at radius 2 is 2.06 bits per heavy atom. The first-order chi connectivity index (χ1) is 16.3.